The van der Waals surface area contributed by atoms with E-state index in [2.05, 4.69) is 0 Å². The van der Waals surface area contributed by atoms with E-state index in [0.29, 0.717) is 5.39 Å². The molecule has 1 aliphatic heterocycles. The van der Waals surface area contributed by atoms with E-state index >= 15 is 0 Å². The number of methoxy groups -OCH3 is 1. The van der Waals surface area contributed by atoms with Gasteiger partial charge < -0.3 is 50.0 Å². The summed E-state index contributed by atoms with van der Waals surface area (Å²) in [5, 5.41) is 70.4. The fourth-order valence-electron chi connectivity index (χ4n) is 3.60. The van der Waals surface area contributed by atoms with Gasteiger partial charge in [-0.05, 0) is 6.92 Å². The first-order valence-electron chi connectivity index (χ1n) is 9.90. The summed E-state index contributed by atoms with van der Waals surface area (Å²) in [6, 6.07) is 6.30. The molecule has 1 saturated heterocycles. The van der Waals surface area contributed by atoms with Gasteiger partial charge in [0.25, 0.3) is 0 Å². The lowest BCUT2D eigenvalue weighted by atomic mass is 10.00. The maximum atomic E-state index is 10.4. The molecule has 0 saturated carbocycles. The van der Waals surface area contributed by atoms with Crippen molar-refractivity contribution in [2.75, 3.05) is 7.11 Å². The summed E-state index contributed by atoms with van der Waals surface area (Å²) in [4.78, 5) is 0. The minimum atomic E-state index is -1.62. The Morgan fingerprint density at radius 1 is 0.848 bits per heavy atom. The number of phenols is 4. The second kappa shape index (κ2) is 8.45. The third-order valence-electron chi connectivity index (χ3n) is 5.40. The van der Waals surface area contributed by atoms with Crippen LogP contribution in [0.25, 0.3) is 22.3 Å². The molecule has 7 N–H and O–H groups in total. The molecule has 33 heavy (non-hydrogen) atoms. The molecule has 1 aromatic heterocycles. The van der Waals surface area contributed by atoms with Crippen molar-refractivity contribution in [2.24, 2.45) is 0 Å². The van der Waals surface area contributed by atoms with Crippen LogP contribution < -0.4 is 9.47 Å². The predicted molar refractivity (Wildman–Crippen MR) is 112 cm³/mol. The van der Waals surface area contributed by atoms with Gasteiger partial charge in [-0.2, -0.15) is 0 Å². The van der Waals surface area contributed by atoms with Gasteiger partial charge in [-0.3, -0.25) is 0 Å². The summed E-state index contributed by atoms with van der Waals surface area (Å²) in [5.74, 6) is -2.08. The molecule has 0 spiro atoms. The molecule has 0 radical (unpaired) electrons. The van der Waals surface area contributed by atoms with E-state index in [1.807, 2.05) is 0 Å². The van der Waals surface area contributed by atoms with Crippen LogP contribution in [0.5, 0.6) is 34.5 Å². The van der Waals surface area contributed by atoms with Crippen LogP contribution in [-0.4, -0.2) is 73.6 Å². The summed E-state index contributed by atoms with van der Waals surface area (Å²) in [5.41, 5.74) is 0.219. The van der Waals surface area contributed by atoms with Gasteiger partial charge in [-0.15, -0.1) is 0 Å². The SMILES string of the molecule is COc1cc(O)cc2[o+]c(-c3cc(O)c(O)c(O)c3)c(O[C@@H]3O[C@@H](C)[C@H](O)[C@@H](O)[C@@H]3O)cc12. The Hall–Kier alpha value is -3.51. The smallest absolute Gasteiger partial charge is 0.402 e. The molecular formula is C22H23O11+. The molecule has 11 heteroatoms. The number of phenolic OH excluding ortho intramolecular Hbond substituents is 4. The van der Waals surface area contributed by atoms with Gasteiger partial charge in [0.15, 0.2) is 17.2 Å². The van der Waals surface area contributed by atoms with E-state index < -0.39 is 48.0 Å². The zero-order valence-electron chi connectivity index (χ0n) is 17.5. The third kappa shape index (κ3) is 4.02. The molecule has 1 aliphatic rings. The highest BCUT2D eigenvalue weighted by atomic mass is 16.7. The van der Waals surface area contributed by atoms with Gasteiger partial charge in [0.1, 0.15) is 35.2 Å². The Morgan fingerprint density at radius 3 is 2.15 bits per heavy atom. The van der Waals surface area contributed by atoms with Crippen molar-refractivity contribution in [2.45, 2.75) is 37.6 Å². The van der Waals surface area contributed by atoms with Gasteiger partial charge in [-0.25, -0.2) is 4.42 Å². The molecule has 176 valence electrons. The average Bonchev–Trinajstić information content (AvgIpc) is 2.78. The van der Waals surface area contributed by atoms with Crippen molar-refractivity contribution < 1.29 is 54.4 Å². The van der Waals surface area contributed by atoms with Gasteiger partial charge in [0.2, 0.25) is 12.0 Å². The van der Waals surface area contributed by atoms with Crippen molar-refractivity contribution in [1.29, 1.82) is 0 Å². The first-order valence-corrected chi connectivity index (χ1v) is 9.90. The highest BCUT2D eigenvalue weighted by molar-refractivity contribution is 5.89. The van der Waals surface area contributed by atoms with E-state index in [1.54, 1.807) is 0 Å². The molecule has 2 heterocycles. The van der Waals surface area contributed by atoms with Crippen molar-refractivity contribution in [3.8, 4) is 45.8 Å². The number of fused-ring (bicyclic) bond motifs is 1. The fourth-order valence-corrected chi connectivity index (χ4v) is 3.60. The van der Waals surface area contributed by atoms with Crippen molar-refractivity contribution >= 4 is 11.0 Å². The molecule has 0 bridgehead atoms. The lowest BCUT2D eigenvalue weighted by Gasteiger charge is -2.38. The average molecular weight is 463 g/mol. The number of rotatable bonds is 4. The quantitative estimate of drug-likeness (QED) is 0.220. The molecule has 0 amide bonds. The minimum absolute atomic E-state index is 0.0594. The third-order valence-corrected chi connectivity index (χ3v) is 5.40. The maximum absolute atomic E-state index is 10.4. The summed E-state index contributed by atoms with van der Waals surface area (Å²) in [7, 11) is 1.38. The lowest BCUT2D eigenvalue weighted by molar-refractivity contribution is -0.268. The highest BCUT2D eigenvalue weighted by Crippen LogP contribution is 2.45. The molecular weight excluding hydrogens is 440 g/mol. The second-order valence-electron chi connectivity index (χ2n) is 7.66. The first kappa shape index (κ1) is 22.7. The zero-order valence-corrected chi connectivity index (χ0v) is 17.5. The summed E-state index contributed by atoms with van der Waals surface area (Å²) in [6.07, 6.45) is -6.81. The van der Waals surface area contributed by atoms with Crippen LogP contribution in [0.1, 0.15) is 6.92 Å². The number of aliphatic hydroxyl groups is 3. The summed E-state index contributed by atoms with van der Waals surface area (Å²) < 4.78 is 22.5. The van der Waals surface area contributed by atoms with E-state index in [9.17, 15) is 35.7 Å². The predicted octanol–water partition coefficient (Wildman–Crippen LogP) is 1.42. The van der Waals surface area contributed by atoms with Crippen molar-refractivity contribution in [1.82, 2.24) is 0 Å². The zero-order chi connectivity index (χ0) is 24.0. The van der Waals surface area contributed by atoms with Gasteiger partial charge in [0, 0.05) is 24.3 Å². The Bertz CT molecular complexity index is 1170. The number of hydrogen-bond donors (Lipinski definition) is 7. The van der Waals surface area contributed by atoms with Crippen molar-refractivity contribution in [3.63, 3.8) is 0 Å². The van der Waals surface area contributed by atoms with E-state index in [0.717, 1.165) is 12.1 Å². The maximum Gasteiger partial charge on any atom is 0.402 e. The first-order chi connectivity index (χ1) is 15.6. The molecule has 2 aromatic carbocycles. The standard InChI is InChI=1S/C22H22O11/c1-8-17(26)19(28)20(29)22(31-8)33-16-7-11-14(30-2)5-10(23)6-15(11)32-21(16)9-3-12(24)18(27)13(25)4-9/h3-8,17,19-20,22,26,28-29H,1-2H3,(H3-,23,24,25,27)/p+1/t8-,17-,19+,20-,22-/m0/s1. The monoisotopic (exact) mass is 463 g/mol. The molecule has 0 aliphatic carbocycles. The molecule has 11 nitrogen and oxygen atoms in total. The molecule has 1 fully saturated rings. The van der Waals surface area contributed by atoms with Crippen LogP contribution in [-0.2, 0) is 4.74 Å². The topological polar surface area (TPSA) is 181 Å². The normalized spacial score (nSPS) is 25.2. The van der Waals surface area contributed by atoms with E-state index in [4.69, 9.17) is 18.6 Å². The summed E-state index contributed by atoms with van der Waals surface area (Å²) in [6.45, 7) is 1.49. The summed E-state index contributed by atoms with van der Waals surface area (Å²) >= 11 is 0. The number of ether oxygens (including phenoxy) is 3. The van der Waals surface area contributed by atoms with E-state index in [1.165, 1.54) is 32.2 Å². The van der Waals surface area contributed by atoms with Gasteiger partial charge in [0.05, 0.1) is 24.8 Å². The van der Waals surface area contributed by atoms with E-state index in [-0.39, 0.29) is 34.2 Å². The minimum Gasteiger partial charge on any atom is -0.507 e. The molecule has 0 unspecified atom stereocenters. The number of aliphatic hydroxyl groups excluding tert-OH is 3. The van der Waals surface area contributed by atoms with Gasteiger partial charge >= 0.3 is 11.3 Å². The Kier molecular flexibility index (Phi) is 5.80. The van der Waals surface area contributed by atoms with Crippen LogP contribution >= 0.6 is 0 Å². The second-order valence-corrected chi connectivity index (χ2v) is 7.66. The van der Waals surface area contributed by atoms with Crippen molar-refractivity contribution in [3.05, 3.63) is 30.3 Å². The largest absolute Gasteiger partial charge is 0.507 e. The van der Waals surface area contributed by atoms with Crippen LogP contribution in [0, 0.1) is 0 Å². The van der Waals surface area contributed by atoms with Gasteiger partial charge in [-0.1, -0.05) is 0 Å². The Labute approximate surface area is 186 Å². The highest BCUT2D eigenvalue weighted by Gasteiger charge is 2.44. The number of hydrogen-bond acceptors (Lipinski definition) is 10. The van der Waals surface area contributed by atoms with Crippen LogP contribution in [0.4, 0.5) is 0 Å². The van der Waals surface area contributed by atoms with Crippen LogP contribution in [0.15, 0.2) is 34.7 Å². The van der Waals surface area contributed by atoms with Crippen LogP contribution in [0.2, 0.25) is 0 Å². The fraction of sp³-hybridized carbons (Fsp3) is 0.318. The lowest BCUT2D eigenvalue weighted by Crippen LogP contribution is -2.58. The molecule has 4 rings (SSSR count). The molecule has 3 aromatic rings. The Morgan fingerprint density at radius 2 is 1.52 bits per heavy atom. The Balaban J connectivity index is 1.89. The molecule has 5 atom stereocenters. The number of benzene rings is 2. The number of aromatic hydroxyl groups is 4. The van der Waals surface area contributed by atoms with Crippen LogP contribution in [0.3, 0.4) is 0 Å².